The van der Waals surface area contributed by atoms with E-state index in [2.05, 4.69) is 38.4 Å². The Morgan fingerprint density at radius 1 is 0.909 bits per heavy atom. The molecule has 0 aromatic heterocycles. The molecule has 2 atom stereocenters. The number of carbonyl (C=O) groups excluding carboxylic acids is 2. The van der Waals surface area contributed by atoms with Crippen molar-refractivity contribution in [1.29, 1.82) is 0 Å². The van der Waals surface area contributed by atoms with E-state index in [0.29, 0.717) is 11.1 Å². The van der Waals surface area contributed by atoms with E-state index in [9.17, 15) is 9.59 Å². The minimum atomic E-state index is -0.397. The van der Waals surface area contributed by atoms with Gasteiger partial charge in [0.2, 0.25) is 0 Å². The zero-order valence-electron chi connectivity index (χ0n) is 12.7. The molecule has 0 aliphatic heterocycles. The fourth-order valence-corrected chi connectivity index (χ4v) is 4.40. The Hall–Kier alpha value is -0.180. The summed E-state index contributed by atoms with van der Waals surface area (Å²) in [5.41, 5.74) is 0.759. The van der Waals surface area contributed by atoms with Gasteiger partial charge in [-0.3, -0.25) is 0 Å². The highest BCUT2D eigenvalue weighted by Gasteiger charge is 2.11. The normalized spacial score (nSPS) is 13.1. The first-order valence-corrected chi connectivity index (χ1v) is 10.0. The fraction of sp³-hybridized carbons (Fsp3) is 0.571. The van der Waals surface area contributed by atoms with Crippen LogP contribution in [0.25, 0.3) is 0 Å². The molecule has 22 heavy (non-hydrogen) atoms. The van der Waals surface area contributed by atoms with Crippen molar-refractivity contribution in [2.24, 2.45) is 0 Å². The molecule has 0 spiro atoms. The molecule has 2 unspecified atom stereocenters. The number of rotatable bonds is 11. The molecule has 0 amide bonds. The minimum absolute atomic E-state index is 0.0413. The molecule has 8 heteroatoms. The maximum absolute atomic E-state index is 11.2. The SMILES string of the molecule is C=C(C)C(=O)OCC(S)CSSCC(S)COC(=O)C(=C)C. The zero-order valence-corrected chi connectivity index (χ0v) is 16.2. The molecule has 0 N–H and O–H groups in total. The van der Waals surface area contributed by atoms with Crippen LogP contribution in [0, 0.1) is 0 Å². The molecule has 0 rings (SSSR count). The Balaban J connectivity index is 3.66. The van der Waals surface area contributed by atoms with Crippen molar-refractivity contribution in [3.63, 3.8) is 0 Å². The summed E-state index contributed by atoms with van der Waals surface area (Å²) >= 11 is 8.70. The second-order valence-electron chi connectivity index (χ2n) is 4.63. The molecule has 0 aromatic rings. The standard InChI is InChI=1S/C14H22O4S4/c1-9(2)13(15)17-5-11(19)7-21-22-8-12(20)6-18-14(16)10(3)4/h11-12,19-20H,1,3,5-8H2,2,4H3. The van der Waals surface area contributed by atoms with Gasteiger partial charge in [0.1, 0.15) is 13.2 Å². The van der Waals surface area contributed by atoms with E-state index in [0.717, 1.165) is 11.5 Å². The Labute approximate surface area is 151 Å². The number of hydrogen-bond acceptors (Lipinski definition) is 8. The number of thiol groups is 2. The summed E-state index contributed by atoms with van der Waals surface area (Å²) in [5.74, 6) is 0.657. The van der Waals surface area contributed by atoms with Crippen LogP contribution in [0.2, 0.25) is 0 Å². The van der Waals surface area contributed by atoms with E-state index in [1.807, 2.05) is 0 Å². The first-order valence-electron chi connectivity index (χ1n) is 6.49. The summed E-state index contributed by atoms with van der Waals surface area (Å²) in [6.45, 7) is 10.7. The topological polar surface area (TPSA) is 52.6 Å². The van der Waals surface area contributed by atoms with Crippen LogP contribution >= 0.6 is 46.8 Å². The molecule has 0 radical (unpaired) electrons. The van der Waals surface area contributed by atoms with Gasteiger partial charge in [0, 0.05) is 33.2 Å². The van der Waals surface area contributed by atoms with Gasteiger partial charge in [-0.05, 0) is 13.8 Å². The van der Waals surface area contributed by atoms with Crippen molar-refractivity contribution in [3.8, 4) is 0 Å². The van der Waals surface area contributed by atoms with Crippen molar-refractivity contribution in [3.05, 3.63) is 24.3 Å². The van der Waals surface area contributed by atoms with Crippen LogP contribution < -0.4 is 0 Å². The first-order chi connectivity index (χ1) is 10.2. The van der Waals surface area contributed by atoms with Gasteiger partial charge in [0.15, 0.2) is 0 Å². The quantitative estimate of drug-likeness (QED) is 0.188. The van der Waals surface area contributed by atoms with E-state index in [-0.39, 0.29) is 23.7 Å². The third kappa shape index (κ3) is 11.4. The molecule has 0 aliphatic rings. The molecule has 0 aliphatic carbocycles. The highest BCUT2D eigenvalue weighted by molar-refractivity contribution is 8.76. The summed E-state index contributed by atoms with van der Waals surface area (Å²) < 4.78 is 10.0. The fourth-order valence-electron chi connectivity index (χ4n) is 0.940. The van der Waals surface area contributed by atoms with Gasteiger partial charge in [0.25, 0.3) is 0 Å². The van der Waals surface area contributed by atoms with Crippen molar-refractivity contribution < 1.29 is 19.1 Å². The van der Waals surface area contributed by atoms with Crippen molar-refractivity contribution >= 4 is 58.8 Å². The molecule has 0 saturated heterocycles. The average Bonchev–Trinajstić information content (AvgIpc) is 2.46. The van der Waals surface area contributed by atoms with Crippen LogP contribution in [-0.2, 0) is 19.1 Å². The van der Waals surface area contributed by atoms with Crippen molar-refractivity contribution in [2.75, 3.05) is 24.7 Å². The van der Waals surface area contributed by atoms with E-state index in [1.165, 1.54) is 0 Å². The average molecular weight is 383 g/mol. The lowest BCUT2D eigenvalue weighted by molar-refractivity contribution is -0.139. The van der Waals surface area contributed by atoms with Gasteiger partial charge < -0.3 is 9.47 Å². The summed E-state index contributed by atoms with van der Waals surface area (Å²) in [6, 6.07) is 0. The second-order valence-corrected chi connectivity index (χ2v) is 8.65. The highest BCUT2D eigenvalue weighted by atomic mass is 33.1. The Morgan fingerprint density at radius 3 is 1.50 bits per heavy atom. The lowest BCUT2D eigenvalue weighted by Crippen LogP contribution is -2.17. The first kappa shape index (κ1) is 21.8. The van der Waals surface area contributed by atoms with Crippen LogP contribution in [0.4, 0.5) is 0 Å². The van der Waals surface area contributed by atoms with Crippen molar-refractivity contribution in [2.45, 2.75) is 24.3 Å². The van der Waals surface area contributed by atoms with Crippen LogP contribution in [0.3, 0.4) is 0 Å². The Morgan fingerprint density at radius 2 is 1.23 bits per heavy atom. The van der Waals surface area contributed by atoms with E-state index in [4.69, 9.17) is 9.47 Å². The molecule has 0 heterocycles. The number of esters is 2. The second kappa shape index (κ2) is 12.3. The maximum Gasteiger partial charge on any atom is 0.333 e. The number of hydrogen-bond donors (Lipinski definition) is 2. The third-order valence-electron chi connectivity index (χ3n) is 2.11. The Kier molecular flexibility index (Phi) is 12.2. The largest absolute Gasteiger partial charge is 0.461 e. The molecule has 0 bridgehead atoms. The molecule has 0 aromatic carbocycles. The van der Waals surface area contributed by atoms with Gasteiger partial charge in [0.05, 0.1) is 0 Å². The number of ether oxygens (including phenoxy) is 2. The molecular formula is C14H22O4S4. The van der Waals surface area contributed by atoms with Crippen LogP contribution in [0.15, 0.2) is 24.3 Å². The van der Waals surface area contributed by atoms with E-state index >= 15 is 0 Å². The summed E-state index contributed by atoms with van der Waals surface area (Å²) in [7, 11) is 3.22. The monoisotopic (exact) mass is 382 g/mol. The maximum atomic E-state index is 11.2. The van der Waals surface area contributed by atoms with Gasteiger partial charge >= 0.3 is 11.9 Å². The summed E-state index contributed by atoms with van der Waals surface area (Å²) in [6.07, 6.45) is 0. The molecule has 4 nitrogen and oxygen atoms in total. The van der Waals surface area contributed by atoms with Gasteiger partial charge in [-0.15, -0.1) is 0 Å². The van der Waals surface area contributed by atoms with E-state index < -0.39 is 11.9 Å². The molecule has 0 fully saturated rings. The molecular weight excluding hydrogens is 360 g/mol. The third-order valence-corrected chi connectivity index (χ3v) is 5.83. The smallest absolute Gasteiger partial charge is 0.333 e. The van der Waals surface area contributed by atoms with Crippen LogP contribution in [0.1, 0.15) is 13.8 Å². The number of carbonyl (C=O) groups is 2. The lowest BCUT2D eigenvalue weighted by atomic mass is 10.4. The lowest BCUT2D eigenvalue weighted by Gasteiger charge is -2.13. The van der Waals surface area contributed by atoms with E-state index in [1.54, 1.807) is 35.4 Å². The summed E-state index contributed by atoms with van der Waals surface area (Å²) in [5, 5.41) is -0.0826. The van der Waals surface area contributed by atoms with Crippen LogP contribution in [-0.4, -0.2) is 47.2 Å². The van der Waals surface area contributed by atoms with Crippen molar-refractivity contribution in [1.82, 2.24) is 0 Å². The summed E-state index contributed by atoms with van der Waals surface area (Å²) in [4.78, 5) is 22.4. The highest BCUT2D eigenvalue weighted by Crippen LogP contribution is 2.25. The van der Waals surface area contributed by atoms with Gasteiger partial charge in [-0.1, -0.05) is 34.7 Å². The van der Waals surface area contributed by atoms with Gasteiger partial charge in [-0.2, -0.15) is 25.3 Å². The molecule has 0 saturated carbocycles. The van der Waals surface area contributed by atoms with Crippen LogP contribution in [0.5, 0.6) is 0 Å². The minimum Gasteiger partial charge on any atom is -0.461 e. The zero-order chi connectivity index (χ0) is 17.1. The predicted molar refractivity (Wildman–Crippen MR) is 102 cm³/mol. The van der Waals surface area contributed by atoms with Gasteiger partial charge in [-0.25, -0.2) is 9.59 Å². The molecule has 126 valence electrons. The Bertz CT molecular complexity index is 374. The predicted octanol–water partition coefficient (Wildman–Crippen LogP) is 3.20.